The average molecular weight is 438 g/mol. The van der Waals surface area contributed by atoms with E-state index in [0.29, 0.717) is 30.1 Å². The number of hydrogen-bond donors (Lipinski definition) is 1. The Balaban J connectivity index is 1.28. The highest BCUT2D eigenvalue weighted by Gasteiger charge is 2.66. The minimum Gasteiger partial charge on any atom is -0.497 e. The molecule has 1 aliphatic carbocycles. The quantitative estimate of drug-likeness (QED) is 0.498. The van der Waals surface area contributed by atoms with Crippen molar-refractivity contribution < 1.29 is 14.2 Å². The van der Waals surface area contributed by atoms with Gasteiger partial charge in [0, 0.05) is 42.9 Å². The van der Waals surface area contributed by atoms with E-state index >= 15 is 0 Å². The number of rotatable bonds is 11. The van der Waals surface area contributed by atoms with Crippen molar-refractivity contribution in [3.05, 3.63) is 42.0 Å². The van der Waals surface area contributed by atoms with E-state index in [0.717, 1.165) is 43.2 Å². The predicted octanol–water partition coefficient (Wildman–Crippen LogP) is 5.03. The van der Waals surface area contributed by atoms with Crippen molar-refractivity contribution in [1.82, 2.24) is 4.98 Å². The minimum atomic E-state index is 0.392. The highest BCUT2D eigenvalue weighted by atomic mass is 16.5. The third-order valence-corrected chi connectivity index (χ3v) is 7.39. The first-order valence-corrected chi connectivity index (χ1v) is 12.1. The van der Waals surface area contributed by atoms with Gasteiger partial charge in [-0.05, 0) is 37.0 Å². The molecule has 1 aromatic carbocycles. The summed E-state index contributed by atoms with van der Waals surface area (Å²) in [6, 6.07) is 12.2. The van der Waals surface area contributed by atoms with Crippen molar-refractivity contribution in [1.29, 1.82) is 0 Å². The van der Waals surface area contributed by atoms with Gasteiger partial charge in [0.05, 0.1) is 19.3 Å². The summed E-state index contributed by atoms with van der Waals surface area (Å²) in [6.45, 7) is 5.71. The van der Waals surface area contributed by atoms with Gasteiger partial charge in [0.15, 0.2) is 0 Å². The first-order chi connectivity index (χ1) is 15.7. The lowest BCUT2D eigenvalue weighted by Crippen LogP contribution is -2.65. The van der Waals surface area contributed by atoms with Gasteiger partial charge in [-0.3, -0.25) is 0 Å². The fraction of sp³-hybridized carbons (Fsp3) is 0.577. The number of unbranched alkanes of at least 4 members (excludes halogenated alkanes) is 3. The number of hydrogen-bond acceptors (Lipinski definition) is 6. The monoisotopic (exact) mass is 437 g/mol. The molecule has 2 aliphatic heterocycles. The molecule has 0 radical (unpaired) electrons. The highest BCUT2D eigenvalue weighted by Crippen LogP contribution is 2.59. The second-order valence-corrected chi connectivity index (χ2v) is 9.44. The second kappa shape index (κ2) is 9.18. The molecular formula is C26H35N3O3. The normalized spacial score (nSPS) is 25.4. The van der Waals surface area contributed by atoms with Gasteiger partial charge in [-0.1, -0.05) is 38.3 Å². The van der Waals surface area contributed by atoms with Crippen LogP contribution in [-0.4, -0.2) is 43.9 Å². The Morgan fingerprint density at radius 1 is 1.16 bits per heavy atom. The standard InChI is InChI=1S/C26H35N3O3/c1-3-4-5-6-13-27-24-14-20(29-16-23-26(18-29)12-11-22(26)32-23)15-25(28-24)31-17-19-7-9-21(30-2)10-8-19/h7-10,14-15,22-23H,3-6,11-13,16-18H2,1-2H3,(H,27,28). The van der Waals surface area contributed by atoms with Gasteiger partial charge in [-0.25, -0.2) is 0 Å². The van der Waals surface area contributed by atoms with E-state index < -0.39 is 0 Å². The molecule has 2 saturated heterocycles. The Hall–Kier alpha value is -2.47. The summed E-state index contributed by atoms with van der Waals surface area (Å²) in [4.78, 5) is 7.22. The Bertz CT molecular complexity index is 919. The van der Waals surface area contributed by atoms with Crippen molar-refractivity contribution in [3.63, 3.8) is 0 Å². The SMILES string of the molecule is CCCCCCNc1cc(N2CC3OC4CCC43C2)cc(OCc2ccc(OC)cc2)n1. The van der Waals surface area contributed by atoms with E-state index in [-0.39, 0.29) is 0 Å². The Kier molecular flexibility index (Phi) is 6.13. The van der Waals surface area contributed by atoms with Crippen LogP contribution in [-0.2, 0) is 11.3 Å². The molecule has 6 nitrogen and oxygen atoms in total. The number of nitrogens with one attached hydrogen (secondary N) is 1. The summed E-state index contributed by atoms with van der Waals surface area (Å²) in [5.41, 5.74) is 2.68. The number of aromatic nitrogens is 1. The van der Waals surface area contributed by atoms with Gasteiger partial charge < -0.3 is 24.4 Å². The van der Waals surface area contributed by atoms with Crippen molar-refractivity contribution in [3.8, 4) is 11.6 Å². The topological polar surface area (TPSA) is 55.9 Å². The molecule has 2 aromatic rings. The van der Waals surface area contributed by atoms with E-state index in [1.165, 1.54) is 37.8 Å². The third kappa shape index (κ3) is 4.13. The maximum absolute atomic E-state index is 6.13. The lowest BCUT2D eigenvalue weighted by molar-refractivity contribution is -0.279. The molecule has 3 aliphatic rings. The van der Waals surface area contributed by atoms with E-state index in [4.69, 9.17) is 19.2 Å². The van der Waals surface area contributed by atoms with Gasteiger partial charge >= 0.3 is 0 Å². The molecule has 0 amide bonds. The molecule has 1 N–H and O–H groups in total. The summed E-state index contributed by atoms with van der Waals surface area (Å²) in [5, 5.41) is 3.53. The van der Waals surface area contributed by atoms with Crippen LogP contribution in [0.25, 0.3) is 0 Å². The molecule has 1 spiro atoms. The predicted molar refractivity (Wildman–Crippen MR) is 127 cm³/mol. The molecule has 32 heavy (non-hydrogen) atoms. The van der Waals surface area contributed by atoms with Crippen LogP contribution in [0.4, 0.5) is 11.5 Å². The summed E-state index contributed by atoms with van der Waals surface area (Å²) in [6.07, 6.45) is 8.34. The lowest BCUT2D eigenvalue weighted by atomic mass is 9.60. The minimum absolute atomic E-state index is 0.392. The van der Waals surface area contributed by atoms with Crippen LogP contribution in [0.2, 0.25) is 0 Å². The van der Waals surface area contributed by atoms with Crippen molar-refractivity contribution in [2.24, 2.45) is 5.41 Å². The Morgan fingerprint density at radius 2 is 2.03 bits per heavy atom. The van der Waals surface area contributed by atoms with Gasteiger partial charge in [0.1, 0.15) is 18.2 Å². The fourth-order valence-corrected chi connectivity index (χ4v) is 5.28. The average Bonchev–Trinajstić information content (AvgIpc) is 3.19. The van der Waals surface area contributed by atoms with E-state index in [1.54, 1.807) is 7.11 Å². The molecule has 0 bridgehead atoms. The first-order valence-electron chi connectivity index (χ1n) is 12.1. The van der Waals surface area contributed by atoms with Gasteiger partial charge in [-0.2, -0.15) is 4.98 Å². The Labute approximate surface area is 191 Å². The molecule has 3 heterocycles. The zero-order chi connectivity index (χ0) is 22.0. The number of methoxy groups -OCH3 is 1. The van der Waals surface area contributed by atoms with E-state index in [9.17, 15) is 0 Å². The van der Waals surface area contributed by atoms with Crippen LogP contribution in [0.5, 0.6) is 11.6 Å². The highest BCUT2D eigenvalue weighted by molar-refractivity contribution is 5.58. The van der Waals surface area contributed by atoms with Crippen LogP contribution in [0.3, 0.4) is 0 Å². The zero-order valence-electron chi connectivity index (χ0n) is 19.3. The summed E-state index contributed by atoms with van der Waals surface area (Å²) < 4.78 is 17.5. The van der Waals surface area contributed by atoms with Crippen molar-refractivity contribution in [2.45, 2.75) is 64.3 Å². The molecule has 3 unspecified atom stereocenters. The van der Waals surface area contributed by atoms with Gasteiger partial charge in [0.25, 0.3) is 0 Å². The Morgan fingerprint density at radius 3 is 2.72 bits per heavy atom. The largest absolute Gasteiger partial charge is 0.497 e. The molecule has 5 rings (SSSR count). The molecule has 1 saturated carbocycles. The van der Waals surface area contributed by atoms with Crippen LogP contribution < -0.4 is 19.7 Å². The van der Waals surface area contributed by atoms with Crippen molar-refractivity contribution in [2.75, 3.05) is 37.0 Å². The molecule has 3 fully saturated rings. The molecular weight excluding hydrogens is 402 g/mol. The van der Waals surface area contributed by atoms with Crippen molar-refractivity contribution >= 4 is 11.5 Å². The first kappa shape index (κ1) is 21.4. The van der Waals surface area contributed by atoms with Crippen LogP contribution >= 0.6 is 0 Å². The zero-order valence-corrected chi connectivity index (χ0v) is 19.3. The summed E-state index contributed by atoms with van der Waals surface area (Å²) in [7, 11) is 1.68. The van der Waals surface area contributed by atoms with Crippen LogP contribution in [0, 0.1) is 5.41 Å². The lowest BCUT2D eigenvalue weighted by Gasteiger charge is -2.59. The van der Waals surface area contributed by atoms with E-state index in [1.807, 2.05) is 24.3 Å². The molecule has 3 atom stereocenters. The van der Waals surface area contributed by atoms with Gasteiger partial charge in [0.2, 0.25) is 5.88 Å². The van der Waals surface area contributed by atoms with Gasteiger partial charge in [-0.15, -0.1) is 0 Å². The maximum atomic E-state index is 6.13. The van der Waals surface area contributed by atoms with Crippen LogP contribution in [0.1, 0.15) is 51.0 Å². The number of ether oxygens (including phenoxy) is 3. The summed E-state index contributed by atoms with van der Waals surface area (Å²) >= 11 is 0. The fourth-order valence-electron chi connectivity index (χ4n) is 5.28. The van der Waals surface area contributed by atoms with Crippen LogP contribution in [0.15, 0.2) is 36.4 Å². The number of nitrogens with zero attached hydrogens (tertiary/aromatic N) is 2. The van der Waals surface area contributed by atoms with E-state index in [2.05, 4.69) is 29.3 Å². The smallest absolute Gasteiger partial charge is 0.217 e. The molecule has 6 heteroatoms. The number of pyridine rings is 1. The molecule has 172 valence electrons. The number of anilines is 2. The molecule has 1 aromatic heterocycles. The summed E-state index contributed by atoms with van der Waals surface area (Å²) in [5.74, 6) is 2.41. The third-order valence-electron chi connectivity index (χ3n) is 7.39. The number of benzene rings is 1. The second-order valence-electron chi connectivity index (χ2n) is 9.44. The maximum Gasteiger partial charge on any atom is 0.217 e.